The Labute approximate surface area is 118 Å². The molecule has 5 heteroatoms. The van der Waals surface area contributed by atoms with Gasteiger partial charge in [0.1, 0.15) is 0 Å². The lowest BCUT2D eigenvalue weighted by Crippen LogP contribution is -2.50. The van der Waals surface area contributed by atoms with Crippen molar-refractivity contribution >= 4 is 10.0 Å². The first-order valence-electron chi connectivity index (χ1n) is 7.68. The predicted molar refractivity (Wildman–Crippen MR) is 78.6 cm³/mol. The molecule has 0 amide bonds. The monoisotopic (exact) mass is 288 g/mol. The molecule has 4 nitrogen and oxygen atoms in total. The molecule has 2 atom stereocenters. The van der Waals surface area contributed by atoms with E-state index in [9.17, 15) is 8.42 Å². The number of rotatable bonds is 4. The summed E-state index contributed by atoms with van der Waals surface area (Å²) in [6.45, 7) is 3.51. The normalized spacial score (nSPS) is 31.5. The van der Waals surface area contributed by atoms with Crippen LogP contribution in [0.25, 0.3) is 0 Å². The molecule has 2 rings (SSSR count). The van der Waals surface area contributed by atoms with Crippen LogP contribution in [0.2, 0.25) is 0 Å². The molecule has 0 radical (unpaired) electrons. The van der Waals surface area contributed by atoms with E-state index in [1.807, 2.05) is 7.05 Å². The van der Waals surface area contributed by atoms with Gasteiger partial charge in [-0.1, -0.05) is 26.2 Å². The van der Waals surface area contributed by atoms with E-state index in [2.05, 4.69) is 12.2 Å². The van der Waals surface area contributed by atoms with Crippen molar-refractivity contribution in [3.05, 3.63) is 0 Å². The van der Waals surface area contributed by atoms with Gasteiger partial charge in [0.25, 0.3) is 0 Å². The van der Waals surface area contributed by atoms with Crippen molar-refractivity contribution in [1.82, 2.24) is 9.62 Å². The highest BCUT2D eigenvalue weighted by atomic mass is 32.2. The standard InChI is InChI=1S/C14H28N2O2S/c1-12-10-16(9-8-14(12)15-2)19(17,18)11-13-6-4-3-5-7-13/h12-15H,3-11H2,1-2H3. The molecule has 2 aliphatic rings. The fourth-order valence-electron chi connectivity index (χ4n) is 3.55. The van der Waals surface area contributed by atoms with Crippen molar-refractivity contribution in [1.29, 1.82) is 0 Å². The van der Waals surface area contributed by atoms with E-state index in [1.165, 1.54) is 19.3 Å². The van der Waals surface area contributed by atoms with Crippen molar-refractivity contribution in [2.45, 2.75) is 51.5 Å². The number of sulfonamides is 1. The molecular formula is C14H28N2O2S. The van der Waals surface area contributed by atoms with E-state index in [0.717, 1.165) is 19.3 Å². The summed E-state index contributed by atoms with van der Waals surface area (Å²) in [7, 11) is -1.08. The molecular weight excluding hydrogens is 260 g/mol. The van der Waals surface area contributed by atoms with Crippen molar-refractivity contribution in [2.24, 2.45) is 11.8 Å². The van der Waals surface area contributed by atoms with Crippen LogP contribution in [0.5, 0.6) is 0 Å². The highest BCUT2D eigenvalue weighted by Gasteiger charge is 2.33. The number of hydrogen-bond donors (Lipinski definition) is 1. The first-order chi connectivity index (χ1) is 9.03. The summed E-state index contributed by atoms with van der Waals surface area (Å²) in [6.07, 6.45) is 6.82. The molecule has 1 heterocycles. The second-order valence-corrected chi connectivity index (χ2v) is 8.32. The second kappa shape index (κ2) is 6.55. The molecule has 1 aliphatic heterocycles. The number of piperidine rings is 1. The van der Waals surface area contributed by atoms with E-state index in [0.29, 0.717) is 36.7 Å². The van der Waals surface area contributed by atoms with Gasteiger partial charge >= 0.3 is 0 Å². The third kappa shape index (κ3) is 3.92. The Hall–Kier alpha value is -0.130. The smallest absolute Gasteiger partial charge is 0.214 e. The molecule has 0 aromatic heterocycles. The molecule has 1 saturated heterocycles. The molecule has 0 aromatic carbocycles. The van der Waals surface area contributed by atoms with E-state index in [-0.39, 0.29) is 0 Å². The number of nitrogens with one attached hydrogen (secondary N) is 1. The second-order valence-electron chi connectivity index (χ2n) is 6.30. The highest BCUT2D eigenvalue weighted by Crippen LogP contribution is 2.27. The van der Waals surface area contributed by atoms with Crippen LogP contribution in [0.3, 0.4) is 0 Å². The van der Waals surface area contributed by atoms with Gasteiger partial charge in [0.05, 0.1) is 5.75 Å². The predicted octanol–water partition coefficient (Wildman–Crippen LogP) is 1.83. The number of nitrogens with zero attached hydrogens (tertiary/aromatic N) is 1. The van der Waals surface area contributed by atoms with E-state index in [1.54, 1.807) is 4.31 Å². The van der Waals surface area contributed by atoms with E-state index >= 15 is 0 Å². The lowest BCUT2D eigenvalue weighted by Gasteiger charge is -2.36. The van der Waals surface area contributed by atoms with Gasteiger partial charge in [-0.3, -0.25) is 0 Å². The van der Waals surface area contributed by atoms with Crippen LogP contribution in [0.15, 0.2) is 0 Å². The molecule has 0 bridgehead atoms. The molecule has 0 spiro atoms. The Morgan fingerprint density at radius 3 is 2.42 bits per heavy atom. The topological polar surface area (TPSA) is 49.4 Å². The van der Waals surface area contributed by atoms with Gasteiger partial charge in [0.2, 0.25) is 10.0 Å². The quantitative estimate of drug-likeness (QED) is 0.858. The Balaban J connectivity index is 1.92. The molecule has 1 N–H and O–H groups in total. The Morgan fingerprint density at radius 1 is 1.16 bits per heavy atom. The maximum absolute atomic E-state index is 12.5. The zero-order valence-electron chi connectivity index (χ0n) is 12.3. The summed E-state index contributed by atoms with van der Waals surface area (Å²) in [5.41, 5.74) is 0. The van der Waals surface area contributed by atoms with E-state index < -0.39 is 10.0 Å². The van der Waals surface area contributed by atoms with Crippen LogP contribution in [-0.4, -0.2) is 44.7 Å². The highest BCUT2D eigenvalue weighted by molar-refractivity contribution is 7.89. The van der Waals surface area contributed by atoms with Crippen LogP contribution in [0.1, 0.15) is 45.4 Å². The first kappa shape index (κ1) is 15.3. The zero-order valence-corrected chi connectivity index (χ0v) is 13.1. The molecule has 2 fully saturated rings. The fraction of sp³-hybridized carbons (Fsp3) is 1.00. The third-order valence-corrected chi connectivity index (χ3v) is 6.81. The minimum absolute atomic E-state index is 0.379. The van der Waals surface area contributed by atoms with Crippen molar-refractivity contribution in [2.75, 3.05) is 25.9 Å². The van der Waals surface area contributed by atoms with Gasteiger partial charge < -0.3 is 5.32 Å². The Kier molecular flexibility index (Phi) is 5.26. The summed E-state index contributed by atoms with van der Waals surface area (Å²) < 4.78 is 26.7. The summed E-state index contributed by atoms with van der Waals surface area (Å²) in [5, 5.41) is 3.29. The lowest BCUT2D eigenvalue weighted by molar-refractivity contribution is 0.226. The average molecular weight is 288 g/mol. The van der Waals surface area contributed by atoms with Crippen LogP contribution in [0.4, 0.5) is 0 Å². The van der Waals surface area contributed by atoms with Crippen LogP contribution >= 0.6 is 0 Å². The Morgan fingerprint density at radius 2 is 1.84 bits per heavy atom. The third-order valence-electron chi connectivity index (χ3n) is 4.80. The SMILES string of the molecule is CNC1CCN(S(=O)(=O)CC2CCCCC2)CC1C. The van der Waals surface area contributed by atoms with E-state index in [4.69, 9.17) is 0 Å². The molecule has 1 saturated carbocycles. The summed E-state index contributed by atoms with van der Waals surface area (Å²) in [6, 6.07) is 0.459. The fourth-order valence-corrected chi connectivity index (χ4v) is 5.53. The van der Waals surface area contributed by atoms with Crippen molar-refractivity contribution in [3.8, 4) is 0 Å². The lowest BCUT2D eigenvalue weighted by atomic mass is 9.91. The minimum Gasteiger partial charge on any atom is -0.317 e. The zero-order chi connectivity index (χ0) is 13.9. The van der Waals surface area contributed by atoms with Gasteiger partial charge in [0, 0.05) is 19.1 Å². The molecule has 1 aliphatic carbocycles. The molecule has 19 heavy (non-hydrogen) atoms. The average Bonchev–Trinajstić information content (AvgIpc) is 2.39. The van der Waals surface area contributed by atoms with Gasteiger partial charge in [-0.2, -0.15) is 0 Å². The van der Waals surface area contributed by atoms with Crippen LogP contribution in [-0.2, 0) is 10.0 Å². The first-order valence-corrected chi connectivity index (χ1v) is 9.29. The van der Waals surface area contributed by atoms with Crippen molar-refractivity contribution < 1.29 is 8.42 Å². The molecule has 0 aromatic rings. The summed E-state index contributed by atoms with van der Waals surface area (Å²) >= 11 is 0. The largest absolute Gasteiger partial charge is 0.317 e. The van der Waals surface area contributed by atoms with Gasteiger partial charge in [-0.15, -0.1) is 0 Å². The van der Waals surface area contributed by atoms with Gasteiger partial charge in [0.15, 0.2) is 0 Å². The molecule has 2 unspecified atom stereocenters. The maximum Gasteiger partial charge on any atom is 0.214 e. The van der Waals surface area contributed by atoms with Crippen molar-refractivity contribution in [3.63, 3.8) is 0 Å². The summed E-state index contributed by atoms with van der Waals surface area (Å²) in [4.78, 5) is 0. The van der Waals surface area contributed by atoms with Crippen LogP contribution < -0.4 is 5.32 Å². The minimum atomic E-state index is -3.04. The molecule has 112 valence electrons. The number of hydrogen-bond acceptors (Lipinski definition) is 3. The summed E-state index contributed by atoms with van der Waals surface area (Å²) in [5.74, 6) is 1.18. The van der Waals surface area contributed by atoms with Crippen LogP contribution in [0, 0.1) is 11.8 Å². The van der Waals surface area contributed by atoms with Gasteiger partial charge in [-0.05, 0) is 38.1 Å². The maximum atomic E-state index is 12.5. The Bertz CT molecular complexity index is 377. The van der Waals surface area contributed by atoms with Gasteiger partial charge in [-0.25, -0.2) is 12.7 Å².